The van der Waals surface area contributed by atoms with Crippen LogP contribution in [0.5, 0.6) is 0 Å². The molecule has 1 aliphatic rings. The van der Waals surface area contributed by atoms with Gasteiger partial charge in [-0.25, -0.2) is 4.79 Å². The van der Waals surface area contributed by atoms with Crippen LogP contribution in [0.25, 0.3) is 0 Å². The molecule has 1 N–H and O–H groups in total. The van der Waals surface area contributed by atoms with Crippen LogP contribution in [0.4, 0.5) is 11.4 Å². The maximum Gasteiger partial charge on any atom is 0.328 e. The SMILES string of the molecule is CC(=O)N1CCc2c(NC(=O)c3cn(C)c(=O)n3C)cccc21. The molecule has 0 saturated carbocycles. The van der Waals surface area contributed by atoms with E-state index in [1.165, 1.54) is 22.3 Å². The summed E-state index contributed by atoms with van der Waals surface area (Å²) in [6.07, 6.45) is 2.20. The molecule has 7 heteroatoms. The summed E-state index contributed by atoms with van der Waals surface area (Å²) in [6.45, 7) is 2.14. The first-order valence-electron chi connectivity index (χ1n) is 7.34. The minimum Gasteiger partial charge on any atom is -0.320 e. The van der Waals surface area contributed by atoms with Gasteiger partial charge in [0.2, 0.25) is 5.91 Å². The largest absolute Gasteiger partial charge is 0.328 e. The number of benzene rings is 1. The number of hydrogen-bond acceptors (Lipinski definition) is 3. The molecule has 0 radical (unpaired) electrons. The second-order valence-electron chi connectivity index (χ2n) is 5.64. The summed E-state index contributed by atoms with van der Waals surface area (Å²) in [4.78, 5) is 37.5. The molecular weight excluding hydrogens is 296 g/mol. The maximum atomic E-state index is 12.5. The zero-order valence-corrected chi connectivity index (χ0v) is 13.3. The molecule has 0 aliphatic carbocycles. The van der Waals surface area contributed by atoms with Gasteiger partial charge in [0.25, 0.3) is 5.91 Å². The Morgan fingerprint density at radius 2 is 1.96 bits per heavy atom. The molecular formula is C16H18N4O3. The summed E-state index contributed by atoms with van der Waals surface area (Å²) in [5, 5.41) is 2.85. The second-order valence-corrected chi connectivity index (χ2v) is 5.64. The molecule has 3 rings (SSSR count). The summed E-state index contributed by atoms with van der Waals surface area (Å²) >= 11 is 0. The highest BCUT2D eigenvalue weighted by Crippen LogP contribution is 2.33. The van der Waals surface area contributed by atoms with Crippen molar-refractivity contribution in [1.82, 2.24) is 9.13 Å². The average molecular weight is 314 g/mol. The number of amides is 2. The molecule has 0 spiro atoms. The average Bonchev–Trinajstić information content (AvgIpc) is 3.05. The molecule has 1 aliphatic heterocycles. The van der Waals surface area contributed by atoms with Crippen molar-refractivity contribution < 1.29 is 9.59 Å². The summed E-state index contributed by atoms with van der Waals surface area (Å²) in [5.74, 6) is -0.363. The zero-order valence-electron chi connectivity index (χ0n) is 13.3. The molecule has 1 aromatic heterocycles. The van der Waals surface area contributed by atoms with E-state index < -0.39 is 0 Å². The molecule has 2 amide bonds. The monoisotopic (exact) mass is 314 g/mol. The maximum absolute atomic E-state index is 12.5. The molecule has 23 heavy (non-hydrogen) atoms. The topological polar surface area (TPSA) is 76.3 Å². The number of imidazole rings is 1. The molecule has 0 fully saturated rings. The van der Waals surface area contributed by atoms with Crippen LogP contribution in [0.2, 0.25) is 0 Å². The first-order valence-corrected chi connectivity index (χ1v) is 7.34. The van der Waals surface area contributed by atoms with Crippen LogP contribution < -0.4 is 15.9 Å². The lowest BCUT2D eigenvalue weighted by atomic mass is 10.1. The van der Waals surface area contributed by atoms with Gasteiger partial charge in [0.15, 0.2) is 0 Å². The Hall–Kier alpha value is -2.83. The number of aromatic nitrogens is 2. The number of hydrogen-bond donors (Lipinski definition) is 1. The Labute approximate surface area is 133 Å². The lowest BCUT2D eigenvalue weighted by Gasteiger charge is -2.15. The van der Waals surface area contributed by atoms with Gasteiger partial charge >= 0.3 is 5.69 Å². The minimum absolute atomic E-state index is 0.0160. The smallest absolute Gasteiger partial charge is 0.320 e. The normalized spacial score (nSPS) is 13.1. The fraction of sp³-hybridized carbons (Fsp3) is 0.312. The molecule has 7 nitrogen and oxygen atoms in total. The Bertz CT molecular complexity index is 863. The zero-order chi connectivity index (χ0) is 16.7. The highest BCUT2D eigenvalue weighted by molar-refractivity contribution is 6.04. The van der Waals surface area contributed by atoms with Gasteiger partial charge in [-0.15, -0.1) is 0 Å². The highest BCUT2D eigenvalue weighted by atomic mass is 16.2. The van der Waals surface area contributed by atoms with E-state index >= 15 is 0 Å². The van der Waals surface area contributed by atoms with E-state index in [2.05, 4.69) is 5.32 Å². The number of carbonyl (C=O) groups is 2. The van der Waals surface area contributed by atoms with Gasteiger partial charge in [0.1, 0.15) is 5.69 Å². The molecule has 0 atom stereocenters. The van der Waals surface area contributed by atoms with Crippen LogP contribution in [-0.4, -0.2) is 27.5 Å². The highest BCUT2D eigenvalue weighted by Gasteiger charge is 2.25. The van der Waals surface area contributed by atoms with Gasteiger partial charge in [0, 0.05) is 50.7 Å². The molecule has 2 aromatic rings. The lowest BCUT2D eigenvalue weighted by Crippen LogP contribution is -2.25. The predicted molar refractivity (Wildman–Crippen MR) is 86.8 cm³/mol. The first kappa shape index (κ1) is 15.1. The summed E-state index contributed by atoms with van der Waals surface area (Å²) in [6, 6.07) is 5.48. The number of carbonyl (C=O) groups excluding carboxylic acids is 2. The van der Waals surface area contributed by atoms with Gasteiger partial charge < -0.3 is 14.8 Å². The van der Waals surface area contributed by atoms with E-state index in [0.29, 0.717) is 18.7 Å². The molecule has 2 heterocycles. The minimum atomic E-state index is -0.347. The Morgan fingerprint density at radius 3 is 2.57 bits per heavy atom. The standard InChI is InChI=1S/C16H18N4O3/c1-10(21)20-8-7-11-12(5-4-6-13(11)20)17-15(22)14-9-18(2)16(23)19(14)3/h4-6,9H,7-8H2,1-3H3,(H,17,22). The second kappa shape index (κ2) is 5.42. The van der Waals surface area contributed by atoms with Crippen molar-refractivity contribution in [3.8, 4) is 0 Å². The Balaban J connectivity index is 1.93. The van der Waals surface area contributed by atoms with E-state index in [9.17, 15) is 14.4 Å². The van der Waals surface area contributed by atoms with Crippen molar-refractivity contribution >= 4 is 23.2 Å². The van der Waals surface area contributed by atoms with Gasteiger partial charge in [0.05, 0.1) is 0 Å². The van der Waals surface area contributed by atoms with Gasteiger partial charge in [-0.05, 0) is 18.6 Å². The number of nitrogens with one attached hydrogen (secondary N) is 1. The molecule has 0 unspecified atom stereocenters. The molecule has 120 valence electrons. The molecule has 0 bridgehead atoms. The quantitative estimate of drug-likeness (QED) is 0.894. The van der Waals surface area contributed by atoms with Crippen LogP contribution in [0.1, 0.15) is 23.0 Å². The predicted octanol–water partition coefficient (Wildman–Crippen LogP) is 0.885. The van der Waals surface area contributed by atoms with Crippen molar-refractivity contribution in [2.45, 2.75) is 13.3 Å². The van der Waals surface area contributed by atoms with Crippen molar-refractivity contribution in [2.24, 2.45) is 14.1 Å². The van der Waals surface area contributed by atoms with Crippen molar-refractivity contribution in [1.29, 1.82) is 0 Å². The van der Waals surface area contributed by atoms with Crippen LogP contribution >= 0.6 is 0 Å². The van der Waals surface area contributed by atoms with Gasteiger partial charge in [-0.1, -0.05) is 6.07 Å². The summed E-state index contributed by atoms with van der Waals surface area (Å²) < 4.78 is 2.67. The van der Waals surface area contributed by atoms with Crippen LogP contribution in [0, 0.1) is 0 Å². The third-order valence-electron chi connectivity index (χ3n) is 4.15. The van der Waals surface area contributed by atoms with E-state index in [4.69, 9.17) is 0 Å². The van der Waals surface area contributed by atoms with Gasteiger partial charge in [-0.2, -0.15) is 0 Å². The number of nitrogens with zero attached hydrogens (tertiary/aromatic N) is 3. The van der Waals surface area contributed by atoms with E-state index in [1.807, 2.05) is 6.07 Å². The summed E-state index contributed by atoms with van der Waals surface area (Å²) in [5.41, 5.74) is 2.48. The third-order valence-corrected chi connectivity index (χ3v) is 4.15. The van der Waals surface area contributed by atoms with Crippen LogP contribution in [0.3, 0.4) is 0 Å². The first-order chi connectivity index (χ1) is 10.9. The van der Waals surface area contributed by atoms with Crippen molar-refractivity contribution in [2.75, 3.05) is 16.8 Å². The van der Waals surface area contributed by atoms with E-state index in [-0.39, 0.29) is 23.2 Å². The number of rotatable bonds is 2. The fourth-order valence-electron chi connectivity index (χ4n) is 2.94. The lowest BCUT2D eigenvalue weighted by molar-refractivity contribution is -0.116. The van der Waals surface area contributed by atoms with Gasteiger partial charge in [-0.3, -0.25) is 14.2 Å². The fourth-order valence-corrected chi connectivity index (χ4v) is 2.94. The van der Waals surface area contributed by atoms with E-state index in [0.717, 1.165) is 11.3 Å². The third kappa shape index (κ3) is 2.44. The van der Waals surface area contributed by atoms with Crippen LogP contribution in [-0.2, 0) is 25.3 Å². The molecule has 1 aromatic carbocycles. The number of aryl methyl sites for hydroxylation is 1. The van der Waals surface area contributed by atoms with Crippen molar-refractivity contribution in [3.63, 3.8) is 0 Å². The number of anilines is 2. The van der Waals surface area contributed by atoms with Crippen LogP contribution in [0.15, 0.2) is 29.2 Å². The Kier molecular flexibility index (Phi) is 3.55. The molecule has 0 saturated heterocycles. The van der Waals surface area contributed by atoms with E-state index in [1.54, 1.807) is 31.1 Å². The Morgan fingerprint density at radius 1 is 1.22 bits per heavy atom. The van der Waals surface area contributed by atoms with Crippen molar-refractivity contribution in [3.05, 3.63) is 46.1 Å². The summed E-state index contributed by atoms with van der Waals surface area (Å²) in [7, 11) is 3.16. The number of fused-ring (bicyclic) bond motifs is 1.